The minimum atomic E-state index is -1.22. The summed E-state index contributed by atoms with van der Waals surface area (Å²) < 4.78 is 5.46. The predicted octanol–water partition coefficient (Wildman–Crippen LogP) is -1.19. The molecule has 1 aliphatic rings. The van der Waals surface area contributed by atoms with Crippen LogP contribution in [0.5, 0.6) is 0 Å². The third-order valence-corrected chi connectivity index (χ3v) is 3.67. The van der Waals surface area contributed by atoms with Crippen LogP contribution in [0, 0.1) is 0 Å². The normalized spacial score (nSPS) is 38.0. The summed E-state index contributed by atoms with van der Waals surface area (Å²) in [4.78, 5) is 10.6. The van der Waals surface area contributed by atoms with Crippen LogP contribution in [0.25, 0.3) is 0 Å². The second-order valence-electron chi connectivity index (χ2n) is 4.11. The number of thioether (sulfide) groups is 1. The molecule has 5 N–H and O–H groups in total. The van der Waals surface area contributed by atoms with Gasteiger partial charge in [0.25, 0.3) is 0 Å². The first-order chi connectivity index (χ1) is 7.97. The number of hydrogen-bond donors (Lipinski definition) is 4. The minimum Gasteiger partial charge on any atom is -0.388 e. The van der Waals surface area contributed by atoms with Gasteiger partial charge in [0, 0.05) is 6.42 Å². The lowest BCUT2D eigenvalue weighted by Gasteiger charge is -2.40. The van der Waals surface area contributed by atoms with Gasteiger partial charge in [0.1, 0.15) is 23.7 Å². The summed E-state index contributed by atoms with van der Waals surface area (Å²) >= 11 is 1.27. The summed E-state index contributed by atoms with van der Waals surface area (Å²) in [6, 6.07) is 0. The van der Waals surface area contributed by atoms with Crippen LogP contribution >= 0.6 is 11.8 Å². The average Bonchev–Trinajstić information content (AvgIpc) is 2.29. The fraction of sp³-hybridized carbons (Fsp3) is 0.900. The van der Waals surface area contributed by atoms with Gasteiger partial charge in [0.05, 0.1) is 6.10 Å². The molecule has 0 aromatic heterocycles. The molecule has 100 valence electrons. The molecule has 1 aliphatic heterocycles. The zero-order chi connectivity index (χ0) is 13.0. The Kier molecular flexibility index (Phi) is 5.68. The first-order valence-corrected chi connectivity index (χ1v) is 6.77. The van der Waals surface area contributed by atoms with E-state index in [0.717, 1.165) is 0 Å². The Labute approximate surface area is 104 Å². The van der Waals surface area contributed by atoms with Crippen molar-refractivity contribution >= 4 is 17.7 Å². The number of aliphatic hydroxyl groups is 3. The van der Waals surface area contributed by atoms with Gasteiger partial charge in [0.15, 0.2) is 0 Å². The molecule has 0 aromatic rings. The highest BCUT2D eigenvalue weighted by atomic mass is 32.2. The summed E-state index contributed by atoms with van der Waals surface area (Å²) in [7, 11) is 0. The lowest BCUT2D eigenvalue weighted by molar-refractivity contribution is -0.199. The molecule has 6 nitrogen and oxygen atoms in total. The van der Waals surface area contributed by atoms with Gasteiger partial charge < -0.3 is 25.8 Å². The number of hydrogen-bond acceptors (Lipinski definition) is 6. The van der Waals surface area contributed by atoms with Crippen molar-refractivity contribution in [3.63, 3.8) is 0 Å². The van der Waals surface area contributed by atoms with Crippen LogP contribution in [0.1, 0.15) is 19.3 Å². The smallest absolute Gasteiger partial charge is 0.217 e. The first-order valence-electron chi connectivity index (χ1n) is 5.48. The highest BCUT2D eigenvalue weighted by Gasteiger charge is 2.42. The van der Waals surface area contributed by atoms with Crippen LogP contribution in [-0.2, 0) is 9.53 Å². The SMILES string of the molecule is CSC1OC(CCCC(N)=O)C(O)C(O)C1O. The van der Waals surface area contributed by atoms with E-state index in [0.29, 0.717) is 12.8 Å². The van der Waals surface area contributed by atoms with Gasteiger partial charge in [-0.25, -0.2) is 0 Å². The summed E-state index contributed by atoms with van der Waals surface area (Å²) in [5.74, 6) is -0.405. The summed E-state index contributed by atoms with van der Waals surface area (Å²) in [5, 5.41) is 29.0. The molecular weight excluding hydrogens is 246 g/mol. The van der Waals surface area contributed by atoms with Crippen molar-refractivity contribution in [1.82, 2.24) is 0 Å². The van der Waals surface area contributed by atoms with Gasteiger partial charge in [0.2, 0.25) is 5.91 Å². The largest absolute Gasteiger partial charge is 0.388 e. The average molecular weight is 265 g/mol. The maximum atomic E-state index is 10.6. The van der Waals surface area contributed by atoms with Crippen molar-refractivity contribution < 1.29 is 24.9 Å². The molecule has 0 spiro atoms. The van der Waals surface area contributed by atoms with Gasteiger partial charge >= 0.3 is 0 Å². The van der Waals surface area contributed by atoms with Crippen molar-refractivity contribution in [3.05, 3.63) is 0 Å². The molecule has 5 atom stereocenters. The number of carbonyl (C=O) groups is 1. The molecule has 7 heteroatoms. The summed E-state index contributed by atoms with van der Waals surface area (Å²) in [6.07, 6.45) is -1.17. The highest BCUT2D eigenvalue weighted by Crippen LogP contribution is 2.29. The van der Waals surface area contributed by atoms with Crippen molar-refractivity contribution in [2.75, 3.05) is 6.26 Å². The first kappa shape index (κ1) is 14.7. The predicted molar refractivity (Wildman–Crippen MR) is 63.2 cm³/mol. The third-order valence-electron chi connectivity index (χ3n) is 2.81. The Morgan fingerprint density at radius 3 is 2.47 bits per heavy atom. The standard InChI is InChI=1S/C10H19NO5S/c1-17-10-9(15)8(14)7(13)5(16-10)3-2-4-6(11)12/h5,7-10,13-15H,2-4H2,1H3,(H2,11,12). The zero-order valence-corrected chi connectivity index (χ0v) is 10.5. The molecule has 1 amide bonds. The molecule has 0 radical (unpaired) electrons. The topological polar surface area (TPSA) is 113 Å². The Bertz CT molecular complexity index is 263. The van der Waals surface area contributed by atoms with Gasteiger partial charge in [-0.15, -0.1) is 11.8 Å². The van der Waals surface area contributed by atoms with E-state index >= 15 is 0 Å². The van der Waals surface area contributed by atoms with Gasteiger partial charge in [-0.2, -0.15) is 0 Å². The number of aliphatic hydroxyl groups excluding tert-OH is 3. The fourth-order valence-corrected chi connectivity index (χ4v) is 2.52. The highest BCUT2D eigenvalue weighted by molar-refractivity contribution is 7.99. The Morgan fingerprint density at radius 2 is 1.94 bits per heavy atom. The van der Waals surface area contributed by atoms with Crippen LogP contribution in [0.3, 0.4) is 0 Å². The molecule has 5 unspecified atom stereocenters. The Balaban J connectivity index is 2.50. The molecule has 17 heavy (non-hydrogen) atoms. The van der Waals surface area contributed by atoms with E-state index in [1.165, 1.54) is 11.8 Å². The van der Waals surface area contributed by atoms with E-state index in [9.17, 15) is 20.1 Å². The Morgan fingerprint density at radius 1 is 1.29 bits per heavy atom. The van der Waals surface area contributed by atoms with Crippen molar-refractivity contribution in [1.29, 1.82) is 0 Å². The lowest BCUT2D eigenvalue weighted by atomic mass is 9.96. The number of ether oxygens (including phenoxy) is 1. The number of rotatable bonds is 5. The quantitative estimate of drug-likeness (QED) is 0.497. The molecule has 1 rings (SSSR count). The second kappa shape index (κ2) is 6.55. The van der Waals surface area contributed by atoms with Gasteiger partial charge in [-0.05, 0) is 19.1 Å². The van der Waals surface area contributed by atoms with Crippen LogP contribution < -0.4 is 5.73 Å². The maximum absolute atomic E-state index is 10.6. The van der Waals surface area contributed by atoms with E-state index in [2.05, 4.69) is 0 Å². The molecule has 0 bridgehead atoms. The van der Waals surface area contributed by atoms with Gasteiger partial charge in [-0.3, -0.25) is 4.79 Å². The monoisotopic (exact) mass is 265 g/mol. The number of nitrogens with two attached hydrogens (primary N) is 1. The second-order valence-corrected chi connectivity index (χ2v) is 5.04. The maximum Gasteiger partial charge on any atom is 0.217 e. The van der Waals surface area contributed by atoms with Crippen LogP contribution in [0.2, 0.25) is 0 Å². The molecule has 1 saturated heterocycles. The van der Waals surface area contributed by atoms with Crippen molar-refractivity contribution in [3.8, 4) is 0 Å². The molecular formula is C10H19NO5S. The number of amides is 1. The van der Waals surface area contributed by atoms with Crippen LogP contribution in [-0.4, -0.2) is 57.3 Å². The van der Waals surface area contributed by atoms with Crippen molar-refractivity contribution in [2.24, 2.45) is 5.73 Å². The minimum absolute atomic E-state index is 0.217. The van der Waals surface area contributed by atoms with Gasteiger partial charge in [-0.1, -0.05) is 0 Å². The van der Waals surface area contributed by atoms with E-state index in [1.807, 2.05) is 0 Å². The van der Waals surface area contributed by atoms with E-state index in [1.54, 1.807) is 6.26 Å². The van der Waals surface area contributed by atoms with E-state index in [4.69, 9.17) is 10.5 Å². The molecule has 0 saturated carbocycles. The van der Waals surface area contributed by atoms with Crippen LogP contribution in [0.15, 0.2) is 0 Å². The van der Waals surface area contributed by atoms with E-state index < -0.39 is 35.8 Å². The zero-order valence-electron chi connectivity index (χ0n) is 9.65. The molecule has 0 aromatic carbocycles. The summed E-state index contributed by atoms with van der Waals surface area (Å²) in [5.41, 5.74) is 4.45. The Hall–Kier alpha value is -0.340. The number of carbonyl (C=O) groups excluding carboxylic acids is 1. The lowest BCUT2D eigenvalue weighted by Crippen LogP contribution is -2.56. The molecule has 0 aliphatic carbocycles. The molecule has 1 heterocycles. The number of primary amides is 1. The third kappa shape index (κ3) is 3.82. The van der Waals surface area contributed by atoms with Crippen molar-refractivity contribution in [2.45, 2.75) is 49.1 Å². The molecule has 1 fully saturated rings. The van der Waals surface area contributed by atoms with E-state index in [-0.39, 0.29) is 6.42 Å². The van der Waals surface area contributed by atoms with Crippen LogP contribution in [0.4, 0.5) is 0 Å². The fourth-order valence-electron chi connectivity index (χ4n) is 1.83. The summed E-state index contributed by atoms with van der Waals surface area (Å²) in [6.45, 7) is 0.